The number of fused-ring (bicyclic) bond motifs is 4. The van der Waals surface area contributed by atoms with E-state index in [4.69, 9.17) is 23.2 Å². The molecular formula is C16H14Cl2N4O3. The molecule has 1 aromatic carbocycles. The number of halogens is 2. The monoisotopic (exact) mass is 380 g/mol. The lowest BCUT2D eigenvalue weighted by molar-refractivity contribution is -0.125. The van der Waals surface area contributed by atoms with E-state index in [1.807, 2.05) is 13.8 Å². The van der Waals surface area contributed by atoms with E-state index in [-0.39, 0.29) is 29.0 Å². The first-order chi connectivity index (χ1) is 11.8. The van der Waals surface area contributed by atoms with E-state index in [1.165, 1.54) is 6.07 Å². The summed E-state index contributed by atoms with van der Waals surface area (Å²) in [5, 5.41) is 8.72. The van der Waals surface area contributed by atoms with Crippen LogP contribution in [0.15, 0.2) is 16.9 Å². The molecule has 7 nitrogen and oxygen atoms in total. The molecular weight excluding hydrogens is 367 g/mol. The smallest absolute Gasteiger partial charge is 0.270 e. The van der Waals surface area contributed by atoms with Crippen molar-refractivity contribution in [1.82, 2.24) is 9.78 Å². The second kappa shape index (κ2) is 5.12. The van der Waals surface area contributed by atoms with Gasteiger partial charge in [-0.2, -0.15) is 0 Å². The van der Waals surface area contributed by atoms with Gasteiger partial charge < -0.3 is 10.6 Å². The lowest BCUT2D eigenvalue weighted by Gasteiger charge is -2.31. The van der Waals surface area contributed by atoms with E-state index in [0.717, 1.165) is 0 Å². The van der Waals surface area contributed by atoms with Crippen molar-refractivity contribution in [2.45, 2.75) is 31.7 Å². The van der Waals surface area contributed by atoms with Gasteiger partial charge in [0.05, 0.1) is 22.7 Å². The van der Waals surface area contributed by atoms with Crippen LogP contribution in [0, 0.1) is 0 Å². The zero-order chi connectivity index (χ0) is 18.1. The van der Waals surface area contributed by atoms with Crippen molar-refractivity contribution in [1.29, 1.82) is 0 Å². The number of aromatic nitrogens is 2. The molecule has 3 heterocycles. The number of nitrogens with one attached hydrogen (secondary N) is 3. The molecule has 0 unspecified atom stereocenters. The number of hydrogen-bond acceptors (Lipinski definition) is 3. The molecule has 0 bridgehead atoms. The number of H-pyrrole nitrogens is 1. The number of rotatable bonds is 1. The van der Waals surface area contributed by atoms with Gasteiger partial charge in [0.2, 0.25) is 11.8 Å². The fraction of sp³-hybridized carbons (Fsp3) is 0.312. The van der Waals surface area contributed by atoms with Crippen LogP contribution in [-0.4, -0.2) is 21.6 Å². The first kappa shape index (κ1) is 16.2. The zero-order valence-electron chi connectivity index (χ0n) is 13.4. The molecule has 2 amide bonds. The van der Waals surface area contributed by atoms with Crippen LogP contribution in [0.25, 0.3) is 0 Å². The first-order valence-corrected chi connectivity index (χ1v) is 8.47. The quantitative estimate of drug-likeness (QED) is 0.709. The van der Waals surface area contributed by atoms with E-state index < -0.39 is 16.9 Å². The minimum atomic E-state index is -1.45. The summed E-state index contributed by atoms with van der Waals surface area (Å²) in [5.41, 5.74) is -0.848. The molecule has 25 heavy (non-hydrogen) atoms. The molecule has 4 rings (SSSR count). The summed E-state index contributed by atoms with van der Waals surface area (Å²) in [4.78, 5) is 38.1. The topological polar surface area (TPSA) is 96.0 Å². The maximum atomic E-state index is 13.0. The van der Waals surface area contributed by atoms with E-state index in [0.29, 0.717) is 22.1 Å². The van der Waals surface area contributed by atoms with Gasteiger partial charge in [-0.1, -0.05) is 23.2 Å². The van der Waals surface area contributed by atoms with Gasteiger partial charge in [-0.25, -0.2) is 0 Å². The van der Waals surface area contributed by atoms with Crippen LogP contribution in [-0.2, 0) is 15.0 Å². The fourth-order valence-electron chi connectivity index (χ4n) is 3.66. The highest BCUT2D eigenvalue weighted by Gasteiger charge is 2.56. The van der Waals surface area contributed by atoms with Crippen LogP contribution in [0.4, 0.5) is 11.5 Å². The summed E-state index contributed by atoms with van der Waals surface area (Å²) < 4.78 is 1.55. The minimum absolute atomic E-state index is 0.112. The standard InChI is InChI=1S/C16H14Cl2N4O3/c1-6(2)22-13-11(14(24)21-22)16(5-10(23)19-13)8-3-7(17)4-9(18)12(8)20-15(16)25/h3-4,6H,5H2,1-2H3,(H,19,23)(H,20,25)(H,21,24)/t16-/m1/s1. The van der Waals surface area contributed by atoms with Gasteiger partial charge in [-0.3, -0.25) is 24.2 Å². The lowest BCUT2D eigenvalue weighted by Crippen LogP contribution is -2.46. The molecule has 0 radical (unpaired) electrons. The summed E-state index contributed by atoms with van der Waals surface area (Å²) in [6.45, 7) is 3.72. The molecule has 0 fully saturated rings. The van der Waals surface area contributed by atoms with Crippen LogP contribution in [0.1, 0.15) is 37.4 Å². The maximum Gasteiger partial charge on any atom is 0.270 e. The Labute approximate surface area is 152 Å². The number of carbonyl (C=O) groups excluding carboxylic acids is 2. The zero-order valence-corrected chi connectivity index (χ0v) is 14.9. The Hall–Kier alpha value is -2.25. The Morgan fingerprint density at radius 1 is 1.16 bits per heavy atom. The maximum absolute atomic E-state index is 13.0. The van der Waals surface area contributed by atoms with Crippen molar-refractivity contribution in [2.24, 2.45) is 0 Å². The predicted molar refractivity (Wildman–Crippen MR) is 94.6 cm³/mol. The highest BCUT2D eigenvalue weighted by atomic mass is 35.5. The average Bonchev–Trinajstić information content (AvgIpc) is 2.97. The van der Waals surface area contributed by atoms with Crippen LogP contribution >= 0.6 is 23.2 Å². The van der Waals surface area contributed by atoms with Crippen LogP contribution in [0.3, 0.4) is 0 Å². The Kier molecular flexibility index (Phi) is 3.33. The summed E-state index contributed by atoms with van der Waals surface area (Å²) in [5.74, 6) is -0.523. The molecule has 3 N–H and O–H groups in total. The lowest BCUT2D eigenvalue weighted by atomic mass is 9.71. The highest BCUT2D eigenvalue weighted by Crippen LogP contribution is 2.51. The predicted octanol–water partition coefficient (Wildman–Crippen LogP) is 2.64. The summed E-state index contributed by atoms with van der Waals surface area (Å²) in [7, 11) is 0. The molecule has 0 aliphatic carbocycles. The van der Waals surface area contributed by atoms with Crippen LogP contribution in [0.5, 0.6) is 0 Å². The van der Waals surface area contributed by atoms with Crippen molar-refractivity contribution >= 4 is 46.5 Å². The number of anilines is 2. The molecule has 9 heteroatoms. The van der Waals surface area contributed by atoms with Gasteiger partial charge in [0.25, 0.3) is 5.56 Å². The van der Waals surface area contributed by atoms with Crippen LogP contribution in [0.2, 0.25) is 10.0 Å². The molecule has 2 aliphatic heterocycles. The Bertz CT molecular complexity index is 1010. The largest absolute Gasteiger partial charge is 0.323 e. The molecule has 1 aromatic heterocycles. The van der Waals surface area contributed by atoms with E-state index in [9.17, 15) is 14.4 Å². The van der Waals surface area contributed by atoms with Gasteiger partial charge in [0, 0.05) is 11.1 Å². The van der Waals surface area contributed by atoms with Crippen molar-refractivity contribution in [3.05, 3.63) is 43.7 Å². The minimum Gasteiger partial charge on any atom is -0.323 e. The van der Waals surface area contributed by atoms with Gasteiger partial charge in [0.1, 0.15) is 11.2 Å². The van der Waals surface area contributed by atoms with Gasteiger partial charge in [-0.15, -0.1) is 0 Å². The van der Waals surface area contributed by atoms with Gasteiger partial charge >= 0.3 is 0 Å². The van der Waals surface area contributed by atoms with Crippen molar-refractivity contribution < 1.29 is 9.59 Å². The molecule has 130 valence electrons. The second-order valence-electron chi connectivity index (χ2n) is 6.52. The first-order valence-electron chi connectivity index (χ1n) is 7.71. The number of nitrogens with zero attached hydrogens (tertiary/aromatic N) is 1. The third kappa shape index (κ3) is 2.02. The Morgan fingerprint density at radius 3 is 2.56 bits per heavy atom. The van der Waals surface area contributed by atoms with Crippen LogP contribution < -0.4 is 16.2 Å². The summed E-state index contributed by atoms with van der Waals surface area (Å²) in [6, 6.07) is 2.97. The SMILES string of the molecule is CC(C)n1[nH]c(=O)c2c1NC(=O)C[C@]21C(=O)Nc2c(Cl)cc(Cl)cc21. The summed E-state index contributed by atoms with van der Waals surface area (Å²) in [6.07, 6.45) is -0.194. The molecule has 0 saturated carbocycles. The molecule has 0 saturated heterocycles. The number of hydrogen-bond donors (Lipinski definition) is 3. The number of carbonyl (C=O) groups is 2. The Morgan fingerprint density at radius 2 is 1.88 bits per heavy atom. The van der Waals surface area contributed by atoms with E-state index in [1.54, 1.807) is 10.7 Å². The van der Waals surface area contributed by atoms with Gasteiger partial charge in [-0.05, 0) is 31.5 Å². The third-order valence-corrected chi connectivity index (χ3v) is 5.21. The number of amides is 2. The van der Waals surface area contributed by atoms with Crippen molar-refractivity contribution in [2.75, 3.05) is 10.6 Å². The molecule has 2 aliphatic rings. The number of aromatic amines is 1. The van der Waals surface area contributed by atoms with E-state index in [2.05, 4.69) is 15.7 Å². The summed E-state index contributed by atoms with van der Waals surface area (Å²) >= 11 is 12.3. The van der Waals surface area contributed by atoms with Crippen molar-refractivity contribution in [3.8, 4) is 0 Å². The normalized spacial score (nSPS) is 21.3. The fourth-order valence-corrected chi connectivity index (χ4v) is 4.20. The highest BCUT2D eigenvalue weighted by molar-refractivity contribution is 6.38. The van der Waals surface area contributed by atoms with E-state index >= 15 is 0 Å². The Balaban J connectivity index is 2.11. The molecule has 1 spiro atoms. The van der Waals surface area contributed by atoms with Crippen molar-refractivity contribution in [3.63, 3.8) is 0 Å². The molecule has 1 atom stereocenters. The van der Waals surface area contributed by atoms with Gasteiger partial charge in [0.15, 0.2) is 0 Å². The average molecular weight is 381 g/mol. The number of benzene rings is 1. The second-order valence-corrected chi connectivity index (χ2v) is 7.37. The molecule has 2 aromatic rings. The third-order valence-electron chi connectivity index (χ3n) is 4.69.